The average Bonchev–Trinajstić information content (AvgIpc) is 2.54. The van der Waals surface area contributed by atoms with Crippen molar-refractivity contribution in [1.29, 1.82) is 0 Å². The molecule has 4 nitrogen and oxygen atoms in total. The second-order valence-electron chi connectivity index (χ2n) is 9.66. The molecular weight excluding hydrogens is 320 g/mol. The van der Waals surface area contributed by atoms with E-state index in [-0.39, 0.29) is 5.79 Å². The highest BCUT2D eigenvalue weighted by atomic mass is 15.6. The molecular formula is C22H46N4. The van der Waals surface area contributed by atoms with E-state index in [2.05, 4.69) is 75.2 Å². The highest BCUT2D eigenvalue weighted by Gasteiger charge is 2.58. The number of hydrogen-bond acceptors (Lipinski definition) is 4. The van der Waals surface area contributed by atoms with Gasteiger partial charge in [-0.1, -0.05) is 33.1 Å². The number of rotatable bonds is 5. The number of hydrogen-bond donors (Lipinski definition) is 0. The fraction of sp³-hybridized carbons (Fsp3) is 1.00. The van der Waals surface area contributed by atoms with Crippen LogP contribution in [0.5, 0.6) is 0 Å². The van der Waals surface area contributed by atoms with E-state index in [0.29, 0.717) is 17.5 Å². The minimum Gasteiger partial charge on any atom is -0.301 e. The van der Waals surface area contributed by atoms with Gasteiger partial charge in [0.1, 0.15) is 5.79 Å². The van der Waals surface area contributed by atoms with E-state index in [1.54, 1.807) is 0 Å². The van der Waals surface area contributed by atoms with Crippen molar-refractivity contribution in [3.63, 3.8) is 0 Å². The highest BCUT2D eigenvalue weighted by molar-refractivity contribution is 5.05. The van der Waals surface area contributed by atoms with Crippen molar-refractivity contribution in [2.45, 2.75) is 91.5 Å². The van der Waals surface area contributed by atoms with Gasteiger partial charge in [-0.05, 0) is 61.2 Å². The summed E-state index contributed by atoms with van der Waals surface area (Å²) in [5, 5.41) is 0. The Hall–Kier alpha value is -0.160. The van der Waals surface area contributed by atoms with Crippen LogP contribution < -0.4 is 0 Å². The van der Waals surface area contributed by atoms with Gasteiger partial charge < -0.3 is 4.90 Å². The van der Waals surface area contributed by atoms with Crippen LogP contribution in [0.1, 0.15) is 73.6 Å². The quantitative estimate of drug-likeness (QED) is 0.731. The Morgan fingerprint density at radius 3 is 1.62 bits per heavy atom. The summed E-state index contributed by atoms with van der Waals surface area (Å²) in [5.74, 6) is -0.00438. The van der Waals surface area contributed by atoms with E-state index in [1.165, 1.54) is 45.2 Å². The average molecular weight is 367 g/mol. The molecule has 1 heterocycles. The van der Waals surface area contributed by atoms with Crippen molar-refractivity contribution in [3.8, 4) is 0 Å². The molecule has 2 rings (SSSR count). The van der Waals surface area contributed by atoms with E-state index in [9.17, 15) is 0 Å². The summed E-state index contributed by atoms with van der Waals surface area (Å²) in [5.41, 5.74) is 0.303. The fourth-order valence-corrected chi connectivity index (χ4v) is 6.05. The zero-order chi connectivity index (χ0) is 19.5. The summed E-state index contributed by atoms with van der Waals surface area (Å²) in [6, 6.07) is 1.07. The summed E-state index contributed by atoms with van der Waals surface area (Å²) in [6.45, 7) is 20.4. The number of nitrogens with zero attached hydrogens (tertiary/aromatic N) is 4. The fourth-order valence-electron chi connectivity index (χ4n) is 6.05. The van der Waals surface area contributed by atoms with E-state index in [0.717, 1.165) is 19.6 Å². The predicted octanol–water partition coefficient (Wildman–Crippen LogP) is 3.93. The van der Waals surface area contributed by atoms with Crippen LogP contribution in [-0.2, 0) is 0 Å². The van der Waals surface area contributed by atoms with Crippen LogP contribution in [0.25, 0.3) is 0 Å². The van der Waals surface area contributed by atoms with E-state index in [1.807, 2.05) is 0 Å². The maximum absolute atomic E-state index is 2.85. The lowest BCUT2D eigenvalue weighted by Gasteiger charge is -2.66. The maximum Gasteiger partial charge on any atom is 0.136 e. The molecule has 2 fully saturated rings. The van der Waals surface area contributed by atoms with E-state index in [4.69, 9.17) is 0 Å². The Morgan fingerprint density at radius 2 is 1.27 bits per heavy atom. The van der Waals surface area contributed by atoms with Gasteiger partial charge in [-0.25, -0.2) is 0 Å². The second kappa shape index (κ2) is 8.89. The third kappa shape index (κ3) is 3.85. The molecule has 0 unspecified atom stereocenters. The normalized spacial score (nSPS) is 26.4. The molecule has 0 bridgehead atoms. The Bertz CT molecular complexity index is 406. The molecule has 26 heavy (non-hydrogen) atoms. The first-order valence-corrected chi connectivity index (χ1v) is 11.1. The van der Waals surface area contributed by atoms with Gasteiger partial charge >= 0.3 is 0 Å². The van der Waals surface area contributed by atoms with Crippen molar-refractivity contribution in [3.05, 3.63) is 0 Å². The molecule has 2 aliphatic rings. The van der Waals surface area contributed by atoms with Gasteiger partial charge in [0.15, 0.2) is 0 Å². The lowest BCUT2D eigenvalue weighted by atomic mass is 9.67. The van der Waals surface area contributed by atoms with E-state index >= 15 is 0 Å². The summed E-state index contributed by atoms with van der Waals surface area (Å²) in [4.78, 5) is 10.9. The first kappa shape index (κ1) is 22.1. The van der Waals surface area contributed by atoms with Gasteiger partial charge in [0.25, 0.3) is 0 Å². The highest BCUT2D eigenvalue weighted by Crippen LogP contribution is 2.51. The molecule has 1 aliphatic heterocycles. The number of likely N-dealkylation sites (N-methyl/N-ethyl adjacent to an activating group) is 1. The lowest BCUT2D eigenvalue weighted by Crippen LogP contribution is -2.79. The first-order chi connectivity index (χ1) is 12.2. The Labute approximate surface area is 163 Å². The Balaban J connectivity index is 2.61. The SMILES string of the molecule is CCN1CCN(C(C)C)C(N(C)C)(C2(C)CCCCC2)N(C(C)C)CC1. The van der Waals surface area contributed by atoms with Gasteiger partial charge in [-0.15, -0.1) is 0 Å². The summed E-state index contributed by atoms with van der Waals surface area (Å²) in [6.07, 6.45) is 6.85. The Morgan fingerprint density at radius 1 is 0.808 bits per heavy atom. The zero-order valence-corrected chi connectivity index (χ0v) is 19.0. The molecule has 0 N–H and O–H groups in total. The third-order valence-corrected chi connectivity index (χ3v) is 7.20. The van der Waals surface area contributed by atoms with Crippen molar-refractivity contribution in [1.82, 2.24) is 19.6 Å². The summed E-state index contributed by atoms with van der Waals surface area (Å²) in [7, 11) is 4.67. The van der Waals surface area contributed by atoms with Crippen molar-refractivity contribution < 1.29 is 0 Å². The van der Waals surface area contributed by atoms with Crippen LogP contribution in [0, 0.1) is 5.41 Å². The summed E-state index contributed by atoms with van der Waals surface area (Å²) < 4.78 is 0. The molecule has 0 aromatic carbocycles. The predicted molar refractivity (Wildman–Crippen MR) is 113 cm³/mol. The molecule has 0 amide bonds. The van der Waals surface area contributed by atoms with Gasteiger partial charge in [0.2, 0.25) is 0 Å². The molecule has 0 aromatic heterocycles. The van der Waals surface area contributed by atoms with Crippen molar-refractivity contribution in [2.24, 2.45) is 5.41 Å². The van der Waals surface area contributed by atoms with Gasteiger partial charge in [-0.3, -0.25) is 14.7 Å². The smallest absolute Gasteiger partial charge is 0.136 e. The molecule has 1 saturated carbocycles. The van der Waals surface area contributed by atoms with Crippen LogP contribution in [0.3, 0.4) is 0 Å². The molecule has 0 radical (unpaired) electrons. The van der Waals surface area contributed by atoms with Gasteiger partial charge in [0, 0.05) is 43.7 Å². The second-order valence-corrected chi connectivity index (χ2v) is 9.66. The van der Waals surface area contributed by atoms with Crippen LogP contribution in [-0.4, -0.2) is 84.3 Å². The first-order valence-electron chi connectivity index (χ1n) is 11.1. The monoisotopic (exact) mass is 366 g/mol. The van der Waals surface area contributed by atoms with E-state index < -0.39 is 0 Å². The minimum absolute atomic E-state index is 0.00438. The van der Waals surface area contributed by atoms with Crippen LogP contribution in [0.4, 0.5) is 0 Å². The van der Waals surface area contributed by atoms with Crippen molar-refractivity contribution >= 4 is 0 Å². The zero-order valence-electron chi connectivity index (χ0n) is 19.0. The molecule has 4 heteroatoms. The van der Waals surface area contributed by atoms with Crippen LogP contribution in [0.15, 0.2) is 0 Å². The standard InChI is InChI=1S/C22H46N4/c1-9-24-15-17-25(19(2)3)22(23(7)8,26(18-16-24)20(4)5)21(6)13-11-10-12-14-21/h19-20H,9-18H2,1-8H3. The van der Waals surface area contributed by atoms with Gasteiger partial charge in [0.05, 0.1) is 0 Å². The summed E-state index contributed by atoms with van der Waals surface area (Å²) >= 11 is 0. The van der Waals surface area contributed by atoms with Crippen molar-refractivity contribution in [2.75, 3.05) is 46.8 Å². The van der Waals surface area contributed by atoms with Gasteiger partial charge in [-0.2, -0.15) is 0 Å². The minimum atomic E-state index is -0.00438. The molecule has 0 atom stereocenters. The molecule has 0 aromatic rings. The largest absolute Gasteiger partial charge is 0.301 e. The van der Waals surface area contributed by atoms with Crippen LogP contribution in [0.2, 0.25) is 0 Å². The topological polar surface area (TPSA) is 13.0 Å². The lowest BCUT2D eigenvalue weighted by molar-refractivity contribution is -0.256. The Kier molecular flexibility index (Phi) is 7.57. The molecule has 1 saturated heterocycles. The molecule has 1 aliphatic carbocycles. The molecule has 0 spiro atoms. The third-order valence-electron chi connectivity index (χ3n) is 7.20. The van der Waals surface area contributed by atoms with Crippen LogP contribution >= 0.6 is 0 Å². The molecule has 154 valence electrons. The maximum atomic E-state index is 2.85.